The number of thioether (sulfide) groups is 1. The Hall–Kier alpha value is -1.85. The number of amides is 1. The number of fused-ring (bicyclic) bond motifs is 1. The second-order valence-electron chi connectivity index (χ2n) is 5.68. The smallest absolute Gasteiger partial charge is 0.279 e. The zero-order chi connectivity index (χ0) is 17.3. The average Bonchev–Trinajstić information content (AvgIpc) is 2.91. The Morgan fingerprint density at radius 2 is 1.83 bits per heavy atom. The van der Waals surface area contributed by atoms with Crippen LogP contribution >= 0.6 is 23.1 Å². The molecule has 3 nitrogen and oxygen atoms in total. The maximum Gasteiger partial charge on any atom is 0.279 e. The van der Waals surface area contributed by atoms with Crippen molar-refractivity contribution in [1.82, 2.24) is 4.57 Å². The van der Waals surface area contributed by atoms with E-state index >= 15 is 0 Å². The number of aromatic nitrogens is 1. The highest BCUT2D eigenvalue weighted by atomic mass is 32.2. The Balaban J connectivity index is 2.09. The Morgan fingerprint density at radius 3 is 2.46 bits per heavy atom. The summed E-state index contributed by atoms with van der Waals surface area (Å²) >= 11 is 3.23. The highest BCUT2D eigenvalue weighted by Gasteiger charge is 2.09. The van der Waals surface area contributed by atoms with Gasteiger partial charge >= 0.3 is 0 Å². The van der Waals surface area contributed by atoms with Crippen LogP contribution in [-0.4, -0.2) is 16.7 Å². The standard InChI is InChI=1S/C19H20N2OS2/c1-5-21-16-10-12(2)13(3)11-17(16)24-19(21)20-18(22)14-6-8-15(23-4)9-7-14/h6-11H,5H2,1-4H3. The maximum absolute atomic E-state index is 12.5. The molecule has 0 radical (unpaired) electrons. The van der Waals surface area contributed by atoms with Gasteiger partial charge in [-0.2, -0.15) is 4.99 Å². The van der Waals surface area contributed by atoms with Gasteiger partial charge in [0.15, 0.2) is 4.80 Å². The van der Waals surface area contributed by atoms with Gasteiger partial charge in [0.1, 0.15) is 0 Å². The van der Waals surface area contributed by atoms with Crippen LogP contribution < -0.4 is 4.80 Å². The van der Waals surface area contributed by atoms with Gasteiger partial charge in [-0.1, -0.05) is 11.3 Å². The quantitative estimate of drug-likeness (QED) is 0.632. The fourth-order valence-electron chi connectivity index (χ4n) is 2.60. The van der Waals surface area contributed by atoms with Crippen molar-refractivity contribution in [1.29, 1.82) is 0 Å². The third-order valence-electron chi connectivity index (χ3n) is 4.15. The molecule has 2 aromatic carbocycles. The number of benzene rings is 2. The molecule has 0 spiro atoms. The van der Waals surface area contributed by atoms with Crippen LogP contribution in [0.2, 0.25) is 0 Å². The predicted octanol–water partition coefficient (Wildman–Crippen LogP) is 4.80. The summed E-state index contributed by atoms with van der Waals surface area (Å²) in [7, 11) is 0. The summed E-state index contributed by atoms with van der Waals surface area (Å²) in [4.78, 5) is 18.8. The topological polar surface area (TPSA) is 34.4 Å². The fourth-order valence-corrected chi connectivity index (χ4v) is 4.18. The molecule has 0 saturated carbocycles. The lowest BCUT2D eigenvalue weighted by Crippen LogP contribution is -2.15. The van der Waals surface area contributed by atoms with Crippen LogP contribution in [0, 0.1) is 13.8 Å². The summed E-state index contributed by atoms with van der Waals surface area (Å²) in [6, 6.07) is 12.0. The Kier molecular flexibility index (Phi) is 4.92. The van der Waals surface area contributed by atoms with Crippen molar-refractivity contribution >= 4 is 39.2 Å². The van der Waals surface area contributed by atoms with E-state index in [1.165, 1.54) is 15.8 Å². The van der Waals surface area contributed by atoms with Gasteiger partial charge in [-0.15, -0.1) is 11.8 Å². The summed E-state index contributed by atoms with van der Waals surface area (Å²) in [6.07, 6.45) is 2.02. The zero-order valence-corrected chi connectivity index (χ0v) is 15.9. The molecule has 0 saturated heterocycles. The summed E-state index contributed by atoms with van der Waals surface area (Å²) in [5.74, 6) is -0.190. The first-order chi connectivity index (χ1) is 11.5. The van der Waals surface area contributed by atoms with Crippen LogP contribution in [0.25, 0.3) is 10.2 Å². The second kappa shape index (κ2) is 6.95. The zero-order valence-electron chi connectivity index (χ0n) is 14.3. The monoisotopic (exact) mass is 356 g/mol. The minimum atomic E-state index is -0.190. The van der Waals surface area contributed by atoms with E-state index in [-0.39, 0.29) is 5.91 Å². The summed E-state index contributed by atoms with van der Waals surface area (Å²) in [6.45, 7) is 7.10. The van der Waals surface area contributed by atoms with Crippen LogP contribution in [0.4, 0.5) is 0 Å². The van der Waals surface area contributed by atoms with Crippen LogP contribution in [0.1, 0.15) is 28.4 Å². The predicted molar refractivity (Wildman–Crippen MR) is 103 cm³/mol. The van der Waals surface area contributed by atoms with Gasteiger partial charge < -0.3 is 4.57 Å². The van der Waals surface area contributed by atoms with Crippen LogP contribution in [0.5, 0.6) is 0 Å². The molecule has 1 heterocycles. The van der Waals surface area contributed by atoms with Crippen LogP contribution in [0.15, 0.2) is 46.3 Å². The summed E-state index contributed by atoms with van der Waals surface area (Å²) < 4.78 is 3.28. The van der Waals surface area contributed by atoms with E-state index < -0.39 is 0 Å². The van der Waals surface area contributed by atoms with Gasteiger partial charge in [0.2, 0.25) is 0 Å². The second-order valence-corrected chi connectivity index (χ2v) is 7.57. The molecule has 0 atom stereocenters. The third kappa shape index (κ3) is 3.19. The van der Waals surface area contributed by atoms with Crippen molar-refractivity contribution in [3.8, 4) is 0 Å². The minimum absolute atomic E-state index is 0.190. The van der Waals surface area contributed by atoms with E-state index in [0.29, 0.717) is 5.56 Å². The van der Waals surface area contributed by atoms with E-state index in [4.69, 9.17) is 0 Å². The van der Waals surface area contributed by atoms with E-state index in [2.05, 4.69) is 42.5 Å². The number of aryl methyl sites for hydroxylation is 3. The van der Waals surface area contributed by atoms with Crippen molar-refractivity contribution in [2.24, 2.45) is 4.99 Å². The SMILES string of the molecule is CCn1c(=NC(=O)c2ccc(SC)cc2)sc2cc(C)c(C)cc21. The first kappa shape index (κ1) is 17.0. The molecule has 0 unspecified atom stereocenters. The van der Waals surface area contributed by atoms with Crippen molar-refractivity contribution in [3.63, 3.8) is 0 Å². The summed E-state index contributed by atoms with van der Waals surface area (Å²) in [5, 5.41) is 0. The average molecular weight is 357 g/mol. The maximum atomic E-state index is 12.5. The molecule has 3 rings (SSSR count). The number of thiazole rings is 1. The normalized spacial score (nSPS) is 12.1. The number of nitrogens with zero attached hydrogens (tertiary/aromatic N) is 2. The Labute approximate surface area is 150 Å². The van der Waals surface area contributed by atoms with Gasteiger partial charge in [-0.25, -0.2) is 0 Å². The molecular formula is C19H20N2OS2. The van der Waals surface area contributed by atoms with E-state index in [9.17, 15) is 4.79 Å². The minimum Gasteiger partial charge on any atom is -0.317 e. The van der Waals surface area contributed by atoms with Crippen LogP contribution in [0.3, 0.4) is 0 Å². The molecule has 124 valence electrons. The Bertz CT molecular complexity index is 965. The van der Waals surface area contributed by atoms with E-state index in [0.717, 1.165) is 21.8 Å². The molecule has 24 heavy (non-hydrogen) atoms. The lowest BCUT2D eigenvalue weighted by atomic mass is 10.1. The molecule has 3 aromatic rings. The molecule has 0 N–H and O–H groups in total. The van der Waals surface area contributed by atoms with Crippen LogP contribution in [-0.2, 0) is 6.54 Å². The molecular weight excluding hydrogens is 336 g/mol. The summed E-state index contributed by atoms with van der Waals surface area (Å²) in [5.41, 5.74) is 4.29. The lowest BCUT2D eigenvalue weighted by molar-refractivity contribution is 0.0998. The van der Waals surface area contributed by atoms with Crippen molar-refractivity contribution in [2.75, 3.05) is 6.26 Å². The molecule has 0 aliphatic rings. The van der Waals surface area contributed by atoms with Crippen molar-refractivity contribution in [3.05, 3.63) is 57.9 Å². The highest BCUT2D eigenvalue weighted by Crippen LogP contribution is 2.22. The Morgan fingerprint density at radius 1 is 1.17 bits per heavy atom. The molecule has 5 heteroatoms. The van der Waals surface area contributed by atoms with Gasteiger partial charge in [-0.05, 0) is 74.6 Å². The number of rotatable bonds is 3. The van der Waals surface area contributed by atoms with Gasteiger partial charge in [-0.3, -0.25) is 4.79 Å². The number of hydrogen-bond donors (Lipinski definition) is 0. The lowest BCUT2D eigenvalue weighted by Gasteiger charge is -2.03. The van der Waals surface area contributed by atoms with Gasteiger partial charge in [0.05, 0.1) is 10.2 Å². The first-order valence-electron chi connectivity index (χ1n) is 7.87. The number of hydrogen-bond acceptors (Lipinski definition) is 3. The molecule has 0 fully saturated rings. The van der Waals surface area contributed by atoms with Gasteiger partial charge in [0.25, 0.3) is 5.91 Å². The number of carbonyl (C=O) groups is 1. The van der Waals surface area contributed by atoms with Crippen molar-refractivity contribution in [2.45, 2.75) is 32.2 Å². The van der Waals surface area contributed by atoms with Crippen molar-refractivity contribution < 1.29 is 4.79 Å². The highest BCUT2D eigenvalue weighted by molar-refractivity contribution is 7.98. The first-order valence-corrected chi connectivity index (χ1v) is 9.91. The third-order valence-corrected chi connectivity index (χ3v) is 5.93. The largest absolute Gasteiger partial charge is 0.317 e. The molecule has 0 bridgehead atoms. The van der Waals surface area contributed by atoms with E-state index in [1.54, 1.807) is 23.1 Å². The van der Waals surface area contributed by atoms with E-state index in [1.807, 2.05) is 30.5 Å². The molecule has 0 aliphatic carbocycles. The molecule has 1 amide bonds. The van der Waals surface area contributed by atoms with Gasteiger partial charge in [0, 0.05) is 17.0 Å². The molecule has 0 aliphatic heterocycles. The number of carbonyl (C=O) groups excluding carboxylic acids is 1. The molecule has 1 aromatic heterocycles. The fraction of sp³-hybridized carbons (Fsp3) is 0.263.